The van der Waals surface area contributed by atoms with Gasteiger partial charge in [-0.05, 0) is 70.3 Å². The van der Waals surface area contributed by atoms with Gasteiger partial charge in [-0.2, -0.15) is 0 Å². The lowest BCUT2D eigenvalue weighted by Gasteiger charge is -2.35. The molecule has 0 radical (unpaired) electrons. The maximum atomic E-state index is 3.56. The number of nitrogens with zero attached hydrogens (tertiary/aromatic N) is 2. The van der Waals surface area contributed by atoms with E-state index < -0.39 is 0 Å². The Morgan fingerprint density at radius 2 is 2.05 bits per heavy atom. The van der Waals surface area contributed by atoms with Gasteiger partial charge < -0.3 is 10.2 Å². The topological polar surface area (TPSA) is 18.5 Å². The number of hydrogen-bond donors (Lipinski definition) is 1. The van der Waals surface area contributed by atoms with Crippen LogP contribution in [0.3, 0.4) is 0 Å². The molecule has 2 saturated heterocycles. The molecule has 0 aromatic heterocycles. The molecule has 3 nitrogen and oxygen atoms in total. The van der Waals surface area contributed by atoms with Gasteiger partial charge in [0.15, 0.2) is 0 Å². The first kappa shape index (κ1) is 15.8. The number of benzene rings is 1. The molecular formula is C19H31N3. The molecule has 0 amide bonds. The van der Waals surface area contributed by atoms with Crippen molar-refractivity contribution >= 4 is 5.69 Å². The Labute approximate surface area is 135 Å². The summed E-state index contributed by atoms with van der Waals surface area (Å²) in [4.78, 5) is 5.16. The van der Waals surface area contributed by atoms with E-state index >= 15 is 0 Å². The molecule has 1 N–H and O–H groups in total. The van der Waals surface area contributed by atoms with Crippen LogP contribution in [-0.2, 0) is 6.54 Å². The Balaban J connectivity index is 1.73. The zero-order valence-corrected chi connectivity index (χ0v) is 14.4. The van der Waals surface area contributed by atoms with Crippen molar-refractivity contribution < 1.29 is 0 Å². The lowest BCUT2D eigenvalue weighted by Crippen LogP contribution is -2.45. The van der Waals surface area contributed by atoms with Crippen molar-refractivity contribution in [3.05, 3.63) is 29.3 Å². The third-order valence-electron chi connectivity index (χ3n) is 5.33. The number of nitrogens with one attached hydrogen (secondary N) is 1. The van der Waals surface area contributed by atoms with Gasteiger partial charge in [-0.3, -0.25) is 4.90 Å². The monoisotopic (exact) mass is 301 g/mol. The molecule has 1 unspecified atom stereocenters. The van der Waals surface area contributed by atoms with Gasteiger partial charge in [0.25, 0.3) is 0 Å². The molecule has 22 heavy (non-hydrogen) atoms. The second kappa shape index (κ2) is 7.01. The van der Waals surface area contributed by atoms with Crippen molar-refractivity contribution in [3.63, 3.8) is 0 Å². The third-order valence-corrected chi connectivity index (χ3v) is 5.33. The summed E-state index contributed by atoms with van der Waals surface area (Å²) in [5.41, 5.74) is 4.36. The van der Waals surface area contributed by atoms with E-state index in [9.17, 15) is 0 Å². The van der Waals surface area contributed by atoms with Crippen LogP contribution in [0.5, 0.6) is 0 Å². The molecule has 0 saturated carbocycles. The first-order chi connectivity index (χ1) is 10.6. The fourth-order valence-corrected chi connectivity index (χ4v) is 3.96. The van der Waals surface area contributed by atoms with Gasteiger partial charge in [-0.1, -0.05) is 12.1 Å². The first-order valence-electron chi connectivity index (χ1n) is 8.91. The van der Waals surface area contributed by atoms with Gasteiger partial charge in [-0.25, -0.2) is 0 Å². The first-order valence-corrected chi connectivity index (χ1v) is 8.91. The standard InChI is InChI=1S/C19H31N3/c1-15-6-7-17(19(12-15)22-10-4-5-11-22)14-21(3)18-8-9-20-16(2)13-18/h6-7,12,16,18,20H,4-5,8-11,13-14H2,1-3H3/t16-,18?/m0/s1. The molecule has 2 aliphatic heterocycles. The van der Waals surface area contributed by atoms with Gasteiger partial charge in [0.05, 0.1) is 0 Å². The maximum Gasteiger partial charge on any atom is 0.0414 e. The Hall–Kier alpha value is -1.06. The van der Waals surface area contributed by atoms with Gasteiger partial charge in [0, 0.05) is 37.4 Å². The Kier molecular flexibility index (Phi) is 5.04. The SMILES string of the molecule is Cc1ccc(CN(C)C2CCN[C@@H](C)C2)c(N2CCCC2)c1. The summed E-state index contributed by atoms with van der Waals surface area (Å²) in [6.07, 6.45) is 5.22. The van der Waals surface area contributed by atoms with Crippen LogP contribution in [0.4, 0.5) is 5.69 Å². The Morgan fingerprint density at radius 3 is 2.77 bits per heavy atom. The lowest BCUT2D eigenvalue weighted by atomic mass is 9.98. The second-order valence-electron chi connectivity index (χ2n) is 7.27. The summed E-state index contributed by atoms with van der Waals surface area (Å²) in [6.45, 7) is 9.20. The molecule has 1 aromatic rings. The fourth-order valence-electron chi connectivity index (χ4n) is 3.96. The van der Waals surface area contributed by atoms with Gasteiger partial charge in [0.2, 0.25) is 0 Å². The summed E-state index contributed by atoms with van der Waals surface area (Å²) in [6, 6.07) is 8.37. The molecule has 122 valence electrons. The van der Waals surface area contributed by atoms with Crippen LogP contribution in [0.1, 0.15) is 43.7 Å². The van der Waals surface area contributed by atoms with Gasteiger partial charge in [-0.15, -0.1) is 0 Å². The summed E-state index contributed by atoms with van der Waals surface area (Å²) >= 11 is 0. The Morgan fingerprint density at radius 1 is 1.27 bits per heavy atom. The van der Waals surface area contributed by atoms with Crippen LogP contribution in [0.15, 0.2) is 18.2 Å². The van der Waals surface area contributed by atoms with E-state index in [4.69, 9.17) is 0 Å². The third kappa shape index (κ3) is 3.64. The minimum atomic E-state index is 0.650. The zero-order chi connectivity index (χ0) is 15.5. The summed E-state index contributed by atoms with van der Waals surface area (Å²) < 4.78 is 0. The largest absolute Gasteiger partial charge is 0.371 e. The smallest absolute Gasteiger partial charge is 0.0414 e. The molecule has 1 aromatic carbocycles. The highest BCUT2D eigenvalue weighted by molar-refractivity contribution is 5.56. The van der Waals surface area contributed by atoms with Crippen molar-refractivity contribution in [2.45, 2.75) is 58.2 Å². The molecule has 2 aliphatic rings. The van der Waals surface area contributed by atoms with Crippen molar-refractivity contribution in [1.29, 1.82) is 0 Å². The van der Waals surface area contributed by atoms with E-state index in [1.165, 1.54) is 55.6 Å². The predicted molar refractivity (Wildman–Crippen MR) is 94.6 cm³/mol. The lowest BCUT2D eigenvalue weighted by molar-refractivity contribution is 0.173. The summed E-state index contributed by atoms with van der Waals surface area (Å²) in [5, 5.41) is 3.56. The van der Waals surface area contributed by atoms with E-state index in [0.29, 0.717) is 12.1 Å². The predicted octanol–water partition coefficient (Wildman–Crippen LogP) is 3.17. The zero-order valence-electron chi connectivity index (χ0n) is 14.4. The van der Waals surface area contributed by atoms with Gasteiger partial charge >= 0.3 is 0 Å². The average Bonchev–Trinajstić information content (AvgIpc) is 3.03. The molecule has 2 fully saturated rings. The summed E-state index contributed by atoms with van der Waals surface area (Å²) in [7, 11) is 2.30. The van der Waals surface area contributed by atoms with E-state index in [2.05, 4.69) is 54.2 Å². The van der Waals surface area contributed by atoms with Crippen LogP contribution >= 0.6 is 0 Å². The highest BCUT2D eigenvalue weighted by atomic mass is 15.2. The highest BCUT2D eigenvalue weighted by Crippen LogP contribution is 2.28. The number of anilines is 1. The molecule has 2 heterocycles. The normalized spacial score (nSPS) is 25.9. The molecule has 0 aliphatic carbocycles. The average molecular weight is 301 g/mol. The van der Waals surface area contributed by atoms with E-state index in [1.807, 2.05) is 0 Å². The molecule has 0 spiro atoms. The minimum Gasteiger partial charge on any atom is -0.371 e. The molecule has 3 heteroatoms. The highest BCUT2D eigenvalue weighted by Gasteiger charge is 2.23. The fraction of sp³-hybridized carbons (Fsp3) is 0.684. The summed E-state index contributed by atoms with van der Waals surface area (Å²) in [5.74, 6) is 0. The number of piperidine rings is 1. The van der Waals surface area contributed by atoms with Crippen molar-refractivity contribution in [3.8, 4) is 0 Å². The van der Waals surface area contributed by atoms with Crippen LogP contribution in [-0.4, -0.2) is 43.7 Å². The Bertz CT molecular complexity index is 493. The van der Waals surface area contributed by atoms with Crippen LogP contribution in [0.25, 0.3) is 0 Å². The number of rotatable bonds is 4. The minimum absolute atomic E-state index is 0.650. The molecular weight excluding hydrogens is 270 g/mol. The van der Waals surface area contributed by atoms with Gasteiger partial charge in [0.1, 0.15) is 0 Å². The molecule has 0 bridgehead atoms. The van der Waals surface area contributed by atoms with Crippen LogP contribution in [0, 0.1) is 6.92 Å². The van der Waals surface area contributed by atoms with Crippen LogP contribution in [0.2, 0.25) is 0 Å². The van der Waals surface area contributed by atoms with E-state index in [-0.39, 0.29) is 0 Å². The number of hydrogen-bond acceptors (Lipinski definition) is 3. The van der Waals surface area contributed by atoms with Crippen molar-refractivity contribution in [2.24, 2.45) is 0 Å². The molecule has 2 atom stereocenters. The van der Waals surface area contributed by atoms with Crippen LogP contribution < -0.4 is 10.2 Å². The second-order valence-corrected chi connectivity index (χ2v) is 7.27. The van der Waals surface area contributed by atoms with E-state index in [1.54, 1.807) is 0 Å². The quantitative estimate of drug-likeness (QED) is 0.921. The van der Waals surface area contributed by atoms with Crippen molar-refractivity contribution in [1.82, 2.24) is 10.2 Å². The van der Waals surface area contributed by atoms with E-state index in [0.717, 1.165) is 13.1 Å². The number of aryl methyl sites for hydroxylation is 1. The molecule has 3 rings (SSSR count). The maximum absolute atomic E-state index is 3.56. The van der Waals surface area contributed by atoms with Crippen molar-refractivity contribution in [2.75, 3.05) is 31.6 Å².